The summed E-state index contributed by atoms with van der Waals surface area (Å²) in [5.41, 5.74) is 17.6. The summed E-state index contributed by atoms with van der Waals surface area (Å²) in [6.45, 7) is 2.19. The molecule has 0 amide bonds. The number of hydrogen-bond donors (Lipinski definition) is 0. The summed E-state index contributed by atoms with van der Waals surface area (Å²) in [5.74, 6) is 0. The Labute approximate surface area is 334 Å². The topological polar surface area (TPSA) is 8.17 Å². The van der Waals surface area contributed by atoms with Gasteiger partial charge in [0.2, 0.25) is 0 Å². The van der Waals surface area contributed by atoms with E-state index in [2.05, 4.69) is 241 Å². The maximum Gasteiger partial charge on any atom is 0.0562 e. The van der Waals surface area contributed by atoms with Gasteiger partial charge < -0.3 is 9.47 Å². The molecule has 0 unspecified atom stereocenters. The molecule has 57 heavy (non-hydrogen) atoms. The zero-order valence-corrected chi connectivity index (χ0v) is 31.8. The van der Waals surface area contributed by atoms with Crippen LogP contribution < -0.4 is 4.90 Å². The van der Waals surface area contributed by atoms with Crippen molar-refractivity contribution in [3.63, 3.8) is 0 Å². The van der Waals surface area contributed by atoms with E-state index in [-0.39, 0.29) is 0 Å². The minimum Gasteiger partial charge on any atom is -0.310 e. The van der Waals surface area contributed by atoms with Gasteiger partial charge in [-0.1, -0.05) is 175 Å². The zero-order valence-electron chi connectivity index (χ0n) is 31.8. The maximum atomic E-state index is 2.47. The van der Waals surface area contributed by atoms with Crippen molar-refractivity contribution in [1.29, 1.82) is 0 Å². The lowest BCUT2D eigenvalue weighted by molar-refractivity contribution is 1.17. The Bertz CT molecular complexity index is 2900. The molecule has 10 rings (SSSR count). The maximum absolute atomic E-state index is 2.47. The van der Waals surface area contributed by atoms with E-state index in [0.29, 0.717) is 0 Å². The number of aryl methyl sites for hydroxylation is 1. The van der Waals surface area contributed by atoms with Gasteiger partial charge in [-0.05, 0) is 100 Å². The SMILES string of the molecule is Cc1ccc(-n2c3ccccc3c3c(N(c4ccc(-c5ccccc5)cc4)c4ccc(-c5ccccc5)cc4)cccc32)c(-c2ccccc2-c2ccccc2)c1. The first-order valence-corrected chi connectivity index (χ1v) is 19.6. The molecule has 0 spiro atoms. The number of fused-ring (bicyclic) bond motifs is 3. The van der Waals surface area contributed by atoms with Crippen LogP contribution in [0.15, 0.2) is 224 Å². The van der Waals surface area contributed by atoms with Crippen LogP contribution in [0.3, 0.4) is 0 Å². The molecule has 2 nitrogen and oxygen atoms in total. The molecule has 0 N–H and O–H groups in total. The zero-order chi connectivity index (χ0) is 38.1. The number of nitrogens with zero attached hydrogens (tertiary/aromatic N) is 2. The predicted molar refractivity (Wildman–Crippen MR) is 242 cm³/mol. The van der Waals surface area contributed by atoms with Gasteiger partial charge in [-0.25, -0.2) is 0 Å². The van der Waals surface area contributed by atoms with Crippen molar-refractivity contribution < 1.29 is 0 Å². The normalized spacial score (nSPS) is 11.2. The average Bonchev–Trinajstić information content (AvgIpc) is 3.63. The van der Waals surface area contributed by atoms with Crippen molar-refractivity contribution in [1.82, 2.24) is 4.57 Å². The largest absolute Gasteiger partial charge is 0.310 e. The van der Waals surface area contributed by atoms with E-state index in [4.69, 9.17) is 0 Å². The van der Waals surface area contributed by atoms with Crippen molar-refractivity contribution in [3.05, 3.63) is 230 Å². The second-order valence-corrected chi connectivity index (χ2v) is 14.6. The lowest BCUT2D eigenvalue weighted by atomic mass is 9.92. The Kier molecular flexibility index (Phi) is 8.78. The summed E-state index contributed by atoms with van der Waals surface area (Å²) in [5, 5.41) is 2.41. The molecule has 0 bridgehead atoms. The standard InChI is InChI=1S/C55H40N2/c1-39-28-37-52(50(38-39)48-23-12-11-22-47(48)44-20-9-4-10-21-44)57-51-25-14-13-24-49(51)55-53(26-15-27-54(55)57)56(45-33-29-42(30-34-45)40-16-5-2-6-17-40)46-35-31-43(32-36-46)41-18-7-3-8-19-41/h2-38H,1H3. The third-order valence-corrected chi connectivity index (χ3v) is 11.1. The van der Waals surface area contributed by atoms with Crippen LogP contribution in [-0.4, -0.2) is 4.57 Å². The molecule has 0 aliphatic rings. The van der Waals surface area contributed by atoms with E-state index in [9.17, 15) is 0 Å². The number of hydrogen-bond acceptors (Lipinski definition) is 1. The molecule has 0 atom stereocenters. The fraction of sp³-hybridized carbons (Fsp3) is 0.0182. The molecule has 2 heteroatoms. The lowest BCUT2D eigenvalue weighted by Crippen LogP contribution is -2.10. The average molecular weight is 729 g/mol. The second kappa shape index (κ2) is 14.7. The third kappa shape index (κ3) is 6.28. The van der Waals surface area contributed by atoms with Crippen molar-refractivity contribution in [3.8, 4) is 50.2 Å². The van der Waals surface area contributed by atoms with Gasteiger partial charge in [0.15, 0.2) is 0 Å². The first kappa shape index (κ1) is 34.1. The minimum absolute atomic E-state index is 1.10. The van der Waals surface area contributed by atoms with Crippen LogP contribution in [0, 0.1) is 6.92 Å². The smallest absolute Gasteiger partial charge is 0.0562 e. The quantitative estimate of drug-likeness (QED) is 0.151. The Morgan fingerprint density at radius 3 is 1.46 bits per heavy atom. The molecule has 270 valence electrons. The van der Waals surface area contributed by atoms with Gasteiger partial charge >= 0.3 is 0 Å². The fourth-order valence-corrected chi connectivity index (χ4v) is 8.39. The van der Waals surface area contributed by atoms with Gasteiger partial charge in [-0.15, -0.1) is 0 Å². The minimum atomic E-state index is 1.10. The monoisotopic (exact) mass is 728 g/mol. The van der Waals surface area contributed by atoms with Crippen LogP contribution in [-0.2, 0) is 0 Å². The summed E-state index contributed by atoms with van der Waals surface area (Å²) in [7, 11) is 0. The molecule has 0 saturated heterocycles. The highest BCUT2D eigenvalue weighted by Gasteiger charge is 2.23. The van der Waals surface area contributed by atoms with Crippen LogP contribution in [0.4, 0.5) is 17.1 Å². The van der Waals surface area contributed by atoms with Gasteiger partial charge in [0.25, 0.3) is 0 Å². The number of benzene rings is 9. The lowest BCUT2D eigenvalue weighted by Gasteiger charge is -2.27. The number of anilines is 3. The molecule has 0 aliphatic heterocycles. The molecule has 10 aromatic rings. The van der Waals surface area contributed by atoms with Crippen molar-refractivity contribution >= 4 is 38.9 Å². The van der Waals surface area contributed by atoms with Crippen molar-refractivity contribution in [2.45, 2.75) is 6.92 Å². The van der Waals surface area contributed by atoms with Crippen LogP contribution in [0.1, 0.15) is 5.56 Å². The van der Waals surface area contributed by atoms with Crippen LogP contribution >= 0.6 is 0 Å². The summed E-state index contributed by atoms with van der Waals surface area (Å²) in [4.78, 5) is 2.42. The third-order valence-electron chi connectivity index (χ3n) is 11.1. The van der Waals surface area contributed by atoms with Crippen molar-refractivity contribution in [2.24, 2.45) is 0 Å². The molecule has 1 aromatic heterocycles. The molecule has 0 saturated carbocycles. The van der Waals surface area contributed by atoms with E-state index < -0.39 is 0 Å². The molecule has 0 aliphatic carbocycles. The summed E-state index contributed by atoms with van der Waals surface area (Å²) in [6, 6.07) is 81.2. The highest BCUT2D eigenvalue weighted by Crippen LogP contribution is 2.46. The Balaban J connectivity index is 1.20. The van der Waals surface area contributed by atoms with Crippen LogP contribution in [0.2, 0.25) is 0 Å². The molecular weight excluding hydrogens is 689 g/mol. The first-order valence-electron chi connectivity index (χ1n) is 19.6. The van der Waals surface area contributed by atoms with Gasteiger partial charge in [0, 0.05) is 27.7 Å². The summed E-state index contributed by atoms with van der Waals surface area (Å²) < 4.78 is 2.47. The molecule has 1 heterocycles. The molecule has 0 radical (unpaired) electrons. The Morgan fingerprint density at radius 2 is 0.842 bits per heavy atom. The Morgan fingerprint density at radius 1 is 0.351 bits per heavy atom. The Hall–Kier alpha value is -7.42. The molecular formula is C55H40N2. The highest BCUT2D eigenvalue weighted by atomic mass is 15.1. The van der Waals surface area contributed by atoms with E-state index in [0.717, 1.165) is 28.3 Å². The van der Waals surface area contributed by atoms with Gasteiger partial charge in [0.05, 0.1) is 22.4 Å². The van der Waals surface area contributed by atoms with Crippen LogP contribution in [0.5, 0.6) is 0 Å². The van der Waals surface area contributed by atoms with E-state index in [1.807, 2.05) is 0 Å². The fourth-order valence-electron chi connectivity index (χ4n) is 8.39. The highest BCUT2D eigenvalue weighted by molar-refractivity contribution is 6.17. The van der Waals surface area contributed by atoms with Gasteiger partial charge in [-0.3, -0.25) is 0 Å². The number of para-hydroxylation sites is 1. The van der Waals surface area contributed by atoms with Crippen LogP contribution in [0.25, 0.3) is 72.0 Å². The van der Waals surface area contributed by atoms with E-state index >= 15 is 0 Å². The molecule has 9 aromatic carbocycles. The number of rotatable bonds is 8. The number of aromatic nitrogens is 1. The van der Waals surface area contributed by atoms with Gasteiger partial charge in [-0.2, -0.15) is 0 Å². The summed E-state index contributed by atoms with van der Waals surface area (Å²) >= 11 is 0. The van der Waals surface area contributed by atoms with E-state index in [1.165, 1.54) is 66.4 Å². The second-order valence-electron chi connectivity index (χ2n) is 14.6. The summed E-state index contributed by atoms with van der Waals surface area (Å²) in [6.07, 6.45) is 0. The molecule has 0 fully saturated rings. The predicted octanol–water partition coefficient (Wildman–Crippen LogP) is 15.2. The van der Waals surface area contributed by atoms with E-state index in [1.54, 1.807) is 0 Å². The van der Waals surface area contributed by atoms with Gasteiger partial charge in [0.1, 0.15) is 0 Å². The van der Waals surface area contributed by atoms with Crippen molar-refractivity contribution in [2.75, 3.05) is 4.90 Å². The first-order chi connectivity index (χ1) is 28.2.